The maximum absolute atomic E-state index is 9.03. The molecule has 1 aromatic heterocycles. The van der Waals surface area contributed by atoms with E-state index in [0.29, 0.717) is 10.8 Å². The highest BCUT2D eigenvalue weighted by atomic mass is 35.5. The summed E-state index contributed by atoms with van der Waals surface area (Å²) < 4.78 is 0. The van der Waals surface area contributed by atoms with Gasteiger partial charge in [-0.3, -0.25) is 15.6 Å². The maximum Gasteiger partial charge on any atom is 0.220 e. The minimum Gasteiger partial charge on any atom is -0.281 e. The van der Waals surface area contributed by atoms with Crippen LogP contribution in [0.1, 0.15) is 0 Å². The molecule has 1 aromatic rings. The van der Waals surface area contributed by atoms with Gasteiger partial charge in [-0.2, -0.15) is 5.06 Å². The van der Waals surface area contributed by atoms with Gasteiger partial charge in [0.15, 0.2) is 0 Å². The quantitative estimate of drug-likeness (QED) is 0.291. The van der Waals surface area contributed by atoms with E-state index in [4.69, 9.17) is 22.2 Å². The van der Waals surface area contributed by atoms with Crippen LogP contribution < -0.4 is 5.06 Å². The van der Waals surface area contributed by atoms with Gasteiger partial charge >= 0.3 is 0 Å². The van der Waals surface area contributed by atoms with Gasteiger partial charge in [0, 0.05) is 6.20 Å². The molecule has 0 saturated heterocycles. The highest BCUT2D eigenvalue weighted by Crippen LogP contribution is 2.09. The van der Waals surface area contributed by atoms with Crippen LogP contribution in [0.25, 0.3) is 0 Å². The van der Waals surface area contributed by atoms with Crippen molar-refractivity contribution in [2.45, 2.75) is 0 Å². The fraction of sp³-hybridized carbons (Fsp3) is 0. The Morgan fingerprint density at radius 3 is 2.91 bits per heavy atom. The van der Waals surface area contributed by atoms with Crippen LogP contribution in [0.2, 0.25) is 0 Å². The number of rotatable bonds is 1. The zero-order chi connectivity index (χ0) is 8.27. The van der Waals surface area contributed by atoms with Gasteiger partial charge in [0.05, 0.1) is 11.9 Å². The largest absolute Gasteiger partial charge is 0.281 e. The molecule has 0 aliphatic rings. The van der Waals surface area contributed by atoms with Crippen LogP contribution in [-0.4, -0.2) is 15.5 Å². The monoisotopic (exact) mass is 171 g/mol. The highest BCUT2D eigenvalue weighted by molar-refractivity contribution is 6.66. The van der Waals surface area contributed by atoms with Gasteiger partial charge < -0.3 is 0 Å². The van der Waals surface area contributed by atoms with Crippen LogP contribution in [0.15, 0.2) is 24.5 Å². The van der Waals surface area contributed by atoms with Crippen LogP contribution in [0.5, 0.6) is 0 Å². The van der Waals surface area contributed by atoms with Gasteiger partial charge in [-0.1, -0.05) is 0 Å². The Kier molecular flexibility index (Phi) is 2.40. The Labute approximate surface area is 68.5 Å². The Hall–Kier alpha value is -1.13. The third-order valence-electron chi connectivity index (χ3n) is 1.08. The number of hydrogen-bond acceptors (Lipinski definition) is 3. The lowest BCUT2D eigenvalue weighted by molar-refractivity contribution is 0.314. The molecule has 1 heterocycles. The van der Waals surface area contributed by atoms with E-state index in [2.05, 4.69) is 4.98 Å². The first-order valence-electron chi connectivity index (χ1n) is 2.85. The minimum absolute atomic E-state index is 0.368. The number of anilines is 1. The summed E-state index contributed by atoms with van der Waals surface area (Å²) in [6.45, 7) is 0. The van der Waals surface area contributed by atoms with Crippen LogP contribution in [-0.2, 0) is 0 Å². The SMILES string of the molecule is N=C(Cl)N(O)c1cccnc1. The van der Waals surface area contributed by atoms with Gasteiger partial charge in [0.1, 0.15) is 0 Å². The van der Waals surface area contributed by atoms with Crippen molar-refractivity contribution in [3.05, 3.63) is 24.5 Å². The topological polar surface area (TPSA) is 60.2 Å². The molecule has 0 fully saturated rings. The molecule has 0 aliphatic carbocycles. The van der Waals surface area contributed by atoms with Gasteiger partial charge in [0.2, 0.25) is 5.29 Å². The lowest BCUT2D eigenvalue weighted by Gasteiger charge is -2.11. The fourth-order valence-corrected chi connectivity index (χ4v) is 0.690. The molecule has 0 radical (unpaired) electrons. The molecule has 0 saturated carbocycles. The molecular formula is C6H6ClN3O. The van der Waals surface area contributed by atoms with Crippen LogP contribution in [0.3, 0.4) is 0 Å². The summed E-state index contributed by atoms with van der Waals surface area (Å²) in [5, 5.41) is 16.0. The molecule has 0 amide bonds. The second-order valence-corrected chi connectivity index (χ2v) is 2.17. The predicted molar refractivity (Wildman–Crippen MR) is 42.1 cm³/mol. The molecule has 5 heteroatoms. The number of pyridine rings is 1. The van der Waals surface area contributed by atoms with Crippen molar-refractivity contribution in [3.8, 4) is 0 Å². The third-order valence-corrected chi connectivity index (χ3v) is 1.24. The van der Waals surface area contributed by atoms with Gasteiger partial charge in [-0.05, 0) is 23.7 Å². The van der Waals surface area contributed by atoms with Crippen LogP contribution in [0.4, 0.5) is 5.69 Å². The fourth-order valence-electron chi connectivity index (χ4n) is 0.592. The number of aromatic nitrogens is 1. The van der Waals surface area contributed by atoms with Gasteiger partial charge in [-0.15, -0.1) is 0 Å². The van der Waals surface area contributed by atoms with Crippen LogP contribution in [0, 0.1) is 5.41 Å². The smallest absolute Gasteiger partial charge is 0.220 e. The molecule has 0 unspecified atom stereocenters. The number of halogens is 1. The van der Waals surface area contributed by atoms with Crippen LogP contribution >= 0.6 is 11.6 Å². The third kappa shape index (κ3) is 1.89. The molecule has 4 nitrogen and oxygen atoms in total. The summed E-state index contributed by atoms with van der Waals surface area (Å²) in [7, 11) is 0. The highest BCUT2D eigenvalue weighted by Gasteiger charge is 2.04. The van der Waals surface area contributed by atoms with Crippen molar-refractivity contribution in [2.24, 2.45) is 0 Å². The number of amidine groups is 1. The Bertz CT molecular complexity index is 251. The van der Waals surface area contributed by atoms with E-state index >= 15 is 0 Å². The zero-order valence-corrected chi connectivity index (χ0v) is 6.28. The van der Waals surface area contributed by atoms with Gasteiger partial charge in [0.25, 0.3) is 0 Å². The standard InChI is InChI=1S/C6H6ClN3O/c7-6(8)10(11)5-2-1-3-9-4-5/h1-4,8,11H. The molecular weight excluding hydrogens is 166 g/mol. The van der Waals surface area contributed by atoms with E-state index in [1.807, 2.05) is 0 Å². The first kappa shape index (κ1) is 7.97. The predicted octanol–water partition coefficient (Wildman–Crippen LogP) is 1.45. The molecule has 0 aliphatic heterocycles. The van der Waals surface area contributed by atoms with E-state index in [0.717, 1.165) is 0 Å². The molecule has 11 heavy (non-hydrogen) atoms. The normalized spacial score (nSPS) is 9.27. The summed E-state index contributed by atoms with van der Waals surface area (Å²) in [6.07, 6.45) is 2.96. The average molecular weight is 172 g/mol. The summed E-state index contributed by atoms with van der Waals surface area (Å²) in [5.41, 5.74) is 0.368. The molecule has 0 spiro atoms. The number of nitrogens with zero attached hydrogens (tertiary/aromatic N) is 2. The van der Waals surface area contributed by atoms with Crippen molar-refractivity contribution in [2.75, 3.05) is 5.06 Å². The Morgan fingerprint density at radius 2 is 2.45 bits per heavy atom. The minimum atomic E-state index is -0.460. The second-order valence-electron chi connectivity index (χ2n) is 1.81. The van der Waals surface area contributed by atoms with Crippen molar-refractivity contribution in [3.63, 3.8) is 0 Å². The van der Waals surface area contributed by atoms with E-state index in [-0.39, 0.29) is 0 Å². The number of hydroxylamine groups is 1. The second kappa shape index (κ2) is 3.32. The Morgan fingerprint density at radius 1 is 1.73 bits per heavy atom. The molecule has 1 rings (SSSR count). The van der Waals surface area contributed by atoms with Crippen molar-refractivity contribution in [1.82, 2.24) is 4.98 Å². The van der Waals surface area contributed by atoms with E-state index in [1.165, 1.54) is 6.20 Å². The first-order chi connectivity index (χ1) is 5.22. The summed E-state index contributed by atoms with van der Waals surface area (Å²) in [5.74, 6) is 0. The molecule has 2 N–H and O–H groups in total. The van der Waals surface area contributed by atoms with E-state index in [9.17, 15) is 0 Å². The number of hydrogen-bond donors (Lipinski definition) is 2. The summed E-state index contributed by atoms with van der Waals surface area (Å²) in [6, 6.07) is 3.22. The summed E-state index contributed by atoms with van der Waals surface area (Å²) in [4.78, 5) is 3.73. The molecule has 0 atom stereocenters. The maximum atomic E-state index is 9.03. The molecule has 58 valence electrons. The number of nitrogens with one attached hydrogen (secondary N) is 1. The first-order valence-corrected chi connectivity index (χ1v) is 3.22. The lowest BCUT2D eigenvalue weighted by atomic mass is 10.4. The van der Waals surface area contributed by atoms with Crippen molar-refractivity contribution >= 4 is 22.6 Å². The zero-order valence-electron chi connectivity index (χ0n) is 5.53. The molecule has 0 bridgehead atoms. The van der Waals surface area contributed by atoms with Crippen molar-refractivity contribution in [1.29, 1.82) is 5.41 Å². The lowest BCUT2D eigenvalue weighted by Crippen LogP contribution is -2.21. The van der Waals surface area contributed by atoms with Gasteiger partial charge in [-0.25, -0.2) is 0 Å². The molecule has 0 aromatic carbocycles. The van der Waals surface area contributed by atoms with E-state index in [1.54, 1.807) is 18.3 Å². The summed E-state index contributed by atoms with van der Waals surface area (Å²) >= 11 is 5.19. The van der Waals surface area contributed by atoms with Crippen molar-refractivity contribution < 1.29 is 5.21 Å². The Balaban J connectivity index is 2.85. The van der Waals surface area contributed by atoms with E-state index < -0.39 is 5.29 Å². The average Bonchev–Trinajstić information content (AvgIpc) is 2.05.